The molecule has 8 rings (SSSR count). The molecule has 0 amide bonds. The van der Waals surface area contributed by atoms with Crippen molar-refractivity contribution in [1.29, 1.82) is 0 Å². The molecule has 0 saturated carbocycles. The second-order valence-electron chi connectivity index (χ2n) is 15.7. The molecule has 2 aromatic heterocycles. The molecule has 2 N–H and O–H groups in total. The van der Waals surface area contributed by atoms with Crippen molar-refractivity contribution in [3.8, 4) is 45.5 Å². The van der Waals surface area contributed by atoms with Gasteiger partial charge in [-0.2, -0.15) is 10.2 Å². The fourth-order valence-corrected chi connectivity index (χ4v) is 6.81. The maximum absolute atomic E-state index is 8.81. The zero-order chi connectivity index (χ0) is 44.3. The van der Waals surface area contributed by atoms with Crippen LogP contribution < -0.4 is 24.4 Å². The third-order valence-electron chi connectivity index (χ3n) is 9.12. The Morgan fingerprint density at radius 3 is 1.21 bits per heavy atom. The number of nitrogens with zero attached hydrogens (tertiary/aromatic N) is 4. The Hall–Kier alpha value is -6.08. The molecule has 62 heavy (non-hydrogen) atoms. The minimum Gasteiger partial charge on any atom is -0.491 e. The molecular weight excluding hydrogens is 843 g/mol. The summed E-state index contributed by atoms with van der Waals surface area (Å²) in [6, 6.07) is 43.5. The molecule has 0 aliphatic rings. The summed E-state index contributed by atoms with van der Waals surface area (Å²) in [4.78, 5) is 0. The fourth-order valence-electron chi connectivity index (χ4n) is 6.47. The predicted octanol–water partition coefficient (Wildman–Crippen LogP) is 11.0. The molecular formula is C50H54BBrN4O6. The number of hydrogen-bond donors (Lipinski definition) is 2. The lowest BCUT2D eigenvalue weighted by Gasteiger charge is -2.11. The predicted molar refractivity (Wildman–Crippen MR) is 255 cm³/mol. The maximum Gasteiger partial charge on any atom is 0.488 e. The second kappa shape index (κ2) is 21.1. The minimum absolute atomic E-state index is 0.130. The van der Waals surface area contributed by atoms with Gasteiger partial charge in [-0.25, -0.2) is 9.36 Å². The third-order valence-corrected chi connectivity index (χ3v) is 9.61. The summed E-state index contributed by atoms with van der Waals surface area (Å²) in [5.41, 5.74) is 6.95. The molecule has 0 aliphatic heterocycles. The summed E-state index contributed by atoms with van der Waals surface area (Å²) in [5.74, 6) is 3.36. The van der Waals surface area contributed by atoms with Crippen molar-refractivity contribution in [2.75, 3.05) is 0 Å². The van der Waals surface area contributed by atoms with Gasteiger partial charge in [-0.3, -0.25) is 0 Å². The molecule has 0 bridgehead atoms. The van der Waals surface area contributed by atoms with Crippen LogP contribution in [0.3, 0.4) is 0 Å². The molecule has 10 nitrogen and oxygen atoms in total. The molecule has 12 heteroatoms. The lowest BCUT2D eigenvalue weighted by molar-refractivity contribution is 0.242. The highest BCUT2D eigenvalue weighted by molar-refractivity contribution is 9.10. The molecule has 0 aliphatic carbocycles. The van der Waals surface area contributed by atoms with E-state index in [1.54, 1.807) is 24.3 Å². The Labute approximate surface area is 372 Å². The van der Waals surface area contributed by atoms with Crippen LogP contribution in [0.5, 0.6) is 23.0 Å². The Bertz CT molecular complexity index is 2620. The molecule has 0 saturated heterocycles. The van der Waals surface area contributed by atoms with Gasteiger partial charge in [-0.15, -0.1) is 0 Å². The molecule has 2 heterocycles. The van der Waals surface area contributed by atoms with Crippen molar-refractivity contribution in [2.45, 2.75) is 79.8 Å². The van der Waals surface area contributed by atoms with E-state index in [1.165, 1.54) is 0 Å². The van der Waals surface area contributed by atoms with Gasteiger partial charge in [-0.05, 0) is 163 Å². The summed E-state index contributed by atoms with van der Waals surface area (Å²) >= 11 is 3.50. The van der Waals surface area contributed by atoms with E-state index in [2.05, 4.69) is 68.6 Å². The van der Waals surface area contributed by atoms with Gasteiger partial charge >= 0.3 is 7.12 Å². The fraction of sp³-hybridized carbons (Fsp3) is 0.240. The van der Waals surface area contributed by atoms with Crippen molar-refractivity contribution >= 4 is 50.3 Å². The van der Waals surface area contributed by atoms with E-state index in [1.807, 2.05) is 144 Å². The standard InChI is InChI=1S/C25H26N2O2.C16H15BrN2O.C9H13BO3/c1-17(2)28-23-11-7-19(8-12-23)20-5-6-21-16-26-27(25(21)15-20)22-9-13-24(14-10-22)29-18(3)4;1-11(2)20-15-7-5-14(6-8-15)19-16-9-13(17)4-3-12(16)10-18-19;1-7(2)13-9-5-3-8(4-6-9)10(11)12/h5-18H,1-4H3;3-11H,1-2H3;3-7,11-12H,1-2H3. The first-order valence-corrected chi connectivity index (χ1v) is 21.6. The van der Waals surface area contributed by atoms with Gasteiger partial charge in [0, 0.05) is 15.2 Å². The first kappa shape index (κ1) is 45.5. The van der Waals surface area contributed by atoms with Crippen molar-refractivity contribution in [3.05, 3.63) is 150 Å². The smallest absolute Gasteiger partial charge is 0.488 e. The van der Waals surface area contributed by atoms with Gasteiger partial charge in [-0.1, -0.05) is 58.4 Å². The van der Waals surface area contributed by atoms with Crippen molar-refractivity contribution in [3.63, 3.8) is 0 Å². The van der Waals surface area contributed by atoms with Crippen LogP contribution in [0.4, 0.5) is 0 Å². The molecule has 0 spiro atoms. The van der Waals surface area contributed by atoms with Crippen LogP contribution in [-0.4, -0.2) is 61.1 Å². The Balaban J connectivity index is 0.000000168. The minimum atomic E-state index is -1.41. The Morgan fingerprint density at radius 1 is 0.452 bits per heavy atom. The second-order valence-corrected chi connectivity index (χ2v) is 16.6. The van der Waals surface area contributed by atoms with Gasteiger partial charge < -0.3 is 29.0 Å². The van der Waals surface area contributed by atoms with E-state index in [9.17, 15) is 0 Å². The number of fused-ring (bicyclic) bond motifs is 2. The largest absolute Gasteiger partial charge is 0.491 e. The first-order chi connectivity index (χ1) is 29.7. The molecule has 8 aromatic rings. The molecule has 320 valence electrons. The van der Waals surface area contributed by atoms with E-state index in [0.29, 0.717) is 5.46 Å². The average Bonchev–Trinajstić information content (AvgIpc) is 3.86. The van der Waals surface area contributed by atoms with Crippen molar-refractivity contribution in [2.24, 2.45) is 0 Å². The van der Waals surface area contributed by atoms with Crippen LogP contribution >= 0.6 is 15.9 Å². The lowest BCUT2D eigenvalue weighted by atomic mass is 9.80. The highest BCUT2D eigenvalue weighted by atomic mass is 79.9. The highest BCUT2D eigenvalue weighted by Crippen LogP contribution is 2.29. The van der Waals surface area contributed by atoms with Gasteiger partial charge in [0.25, 0.3) is 0 Å². The summed E-state index contributed by atoms with van der Waals surface area (Å²) < 4.78 is 27.5. The van der Waals surface area contributed by atoms with E-state index in [4.69, 9.17) is 29.0 Å². The zero-order valence-corrected chi connectivity index (χ0v) is 38.0. The number of ether oxygens (including phenoxy) is 4. The molecule has 0 atom stereocenters. The third kappa shape index (κ3) is 12.5. The Kier molecular flexibility index (Phi) is 15.5. The number of hydrogen-bond acceptors (Lipinski definition) is 8. The summed E-state index contributed by atoms with van der Waals surface area (Å²) in [6.07, 6.45) is 4.42. The molecule has 0 fully saturated rings. The van der Waals surface area contributed by atoms with Crippen LogP contribution in [0.15, 0.2) is 150 Å². The van der Waals surface area contributed by atoms with Gasteiger partial charge in [0.15, 0.2) is 0 Å². The Morgan fingerprint density at radius 2 is 0.806 bits per heavy atom. The summed E-state index contributed by atoms with van der Waals surface area (Å²) in [6.45, 7) is 16.0. The van der Waals surface area contributed by atoms with E-state index >= 15 is 0 Å². The molecule has 0 radical (unpaired) electrons. The number of aromatic nitrogens is 4. The SMILES string of the molecule is CC(C)Oc1ccc(-c2ccc3cnn(-c4ccc(OC(C)C)cc4)c3c2)cc1.CC(C)Oc1ccc(-n2ncc3ccc(Br)cc32)cc1.CC(C)Oc1ccc(B(O)O)cc1. The van der Waals surface area contributed by atoms with E-state index in [-0.39, 0.29) is 24.4 Å². The van der Waals surface area contributed by atoms with Crippen LogP contribution in [0.25, 0.3) is 44.3 Å². The van der Waals surface area contributed by atoms with Crippen LogP contribution in [-0.2, 0) is 0 Å². The van der Waals surface area contributed by atoms with Crippen molar-refractivity contribution in [1.82, 2.24) is 19.6 Å². The zero-order valence-electron chi connectivity index (χ0n) is 36.4. The van der Waals surface area contributed by atoms with Gasteiger partial charge in [0.2, 0.25) is 0 Å². The summed E-state index contributed by atoms with van der Waals surface area (Å²) in [5, 5.41) is 28.9. The van der Waals surface area contributed by atoms with Crippen LogP contribution in [0.1, 0.15) is 55.4 Å². The molecule has 6 aromatic carbocycles. The van der Waals surface area contributed by atoms with Crippen LogP contribution in [0.2, 0.25) is 0 Å². The van der Waals surface area contributed by atoms with E-state index in [0.717, 1.165) is 71.8 Å². The van der Waals surface area contributed by atoms with E-state index < -0.39 is 7.12 Å². The average molecular weight is 898 g/mol. The summed E-state index contributed by atoms with van der Waals surface area (Å²) in [7, 11) is -1.41. The first-order valence-electron chi connectivity index (χ1n) is 20.8. The quantitative estimate of drug-likeness (QED) is 0.117. The van der Waals surface area contributed by atoms with Crippen LogP contribution in [0, 0.1) is 0 Å². The number of benzene rings is 6. The van der Waals surface area contributed by atoms with Crippen molar-refractivity contribution < 1.29 is 29.0 Å². The number of halogens is 1. The van der Waals surface area contributed by atoms with Gasteiger partial charge in [0.1, 0.15) is 23.0 Å². The molecule has 0 unspecified atom stereocenters. The lowest BCUT2D eigenvalue weighted by Crippen LogP contribution is -2.29. The van der Waals surface area contributed by atoms with Gasteiger partial charge in [0.05, 0.1) is 59.2 Å². The highest BCUT2D eigenvalue weighted by Gasteiger charge is 2.11. The topological polar surface area (TPSA) is 113 Å². The monoisotopic (exact) mass is 896 g/mol. The number of rotatable bonds is 12. The normalized spacial score (nSPS) is 11.1. The maximum atomic E-state index is 8.81.